The molecule has 3 rings (SSSR count). The number of piperidine rings is 1. The van der Waals surface area contributed by atoms with Crippen LogP contribution in [-0.2, 0) is 11.2 Å². The zero-order valence-corrected chi connectivity index (χ0v) is 19.0. The Bertz CT molecular complexity index is 837. The van der Waals surface area contributed by atoms with Gasteiger partial charge in [0, 0.05) is 55.9 Å². The van der Waals surface area contributed by atoms with Crippen LogP contribution in [0, 0.1) is 0 Å². The number of fused-ring (bicyclic) bond motifs is 1. The van der Waals surface area contributed by atoms with Crippen LogP contribution in [0.1, 0.15) is 45.1 Å². The predicted molar refractivity (Wildman–Crippen MR) is 128 cm³/mol. The first kappa shape index (κ1) is 23.1. The number of aliphatic imine (C=N–C) groups is 1. The molecular weight excluding hydrogens is 388 g/mol. The SMILES string of the molecule is CCCNC(=O)CN1CCC(NC(=NCCCc2c[nH]c3ccccc23)NCC)CC1. The van der Waals surface area contributed by atoms with Gasteiger partial charge in [0.05, 0.1) is 6.54 Å². The number of carbonyl (C=O) groups is 1. The normalized spacial score (nSPS) is 15.9. The van der Waals surface area contributed by atoms with Crippen molar-refractivity contribution in [3.05, 3.63) is 36.0 Å². The van der Waals surface area contributed by atoms with E-state index in [1.54, 1.807) is 0 Å². The van der Waals surface area contributed by atoms with Crippen LogP contribution in [0.15, 0.2) is 35.5 Å². The maximum absolute atomic E-state index is 11.9. The van der Waals surface area contributed by atoms with Crippen molar-refractivity contribution in [3.63, 3.8) is 0 Å². The summed E-state index contributed by atoms with van der Waals surface area (Å²) < 4.78 is 0. The molecule has 2 aromatic rings. The molecule has 0 bridgehead atoms. The number of benzene rings is 1. The molecule has 0 unspecified atom stereocenters. The molecule has 0 saturated carbocycles. The lowest BCUT2D eigenvalue weighted by molar-refractivity contribution is -0.122. The first-order chi connectivity index (χ1) is 15.2. The number of aromatic amines is 1. The second kappa shape index (κ2) is 12.3. The fraction of sp³-hybridized carbons (Fsp3) is 0.583. The van der Waals surface area contributed by atoms with Gasteiger partial charge < -0.3 is 20.9 Å². The van der Waals surface area contributed by atoms with Crippen molar-refractivity contribution >= 4 is 22.8 Å². The lowest BCUT2D eigenvalue weighted by Gasteiger charge is -2.32. The van der Waals surface area contributed by atoms with Crippen molar-refractivity contribution < 1.29 is 4.79 Å². The number of nitrogens with zero attached hydrogens (tertiary/aromatic N) is 2. The van der Waals surface area contributed by atoms with E-state index in [0.717, 1.165) is 70.8 Å². The Morgan fingerprint density at radius 2 is 2.00 bits per heavy atom. The number of guanidine groups is 1. The fourth-order valence-electron chi connectivity index (χ4n) is 4.07. The summed E-state index contributed by atoms with van der Waals surface area (Å²) >= 11 is 0. The quantitative estimate of drug-likeness (QED) is 0.267. The van der Waals surface area contributed by atoms with Crippen LogP contribution in [-0.4, -0.2) is 67.1 Å². The Kier molecular flexibility index (Phi) is 9.21. The van der Waals surface area contributed by atoms with Crippen molar-refractivity contribution in [3.8, 4) is 0 Å². The number of carbonyl (C=O) groups excluding carboxylic acids is 1. The lowest BCUT2D eigenvalue weighted by Crippen LogP contribution is -2.50. The van der Waals surface area contributed by atoms with Gasteiger partial charge in [-0.1, -0.05) is 25.1 Å². The molecule has 170 valence electrons. The number of aryl methyl sites for hydroxylation is 1. The molecule has 0 spiro atoms. The first-order valence-corrected chi connectivity index (χ1v) is 11.8. The number of nitrogens with one attached hydrogen (secondary N) is 4. The third-order valence-electron chi connectivity index (χ3n) is 5.76. The van der Waals surface area contributed by atoms with Gasteiger partial charge in [-0.2, -0.15) is 0 Å². The van der Waals surface area contributed by atoms with Crippen LogP contribution < -0.4 is 16.0 Å². The van der Waals surface area contributed by atoms with E-state index in [4.69, 9.17) is 4.99 Å². The highest BCUT2D eigenvalue weighted by molar-refractivity contribution is 5.83. The highest BCUT2D eigenvalue weighted by Crippen LogP contribution is 2.18. The summed E-state index contributed by atoms with van der Waals surface area (Å²) in [6, 6.07) is 8.85. The predicted octanol–water partition coefficient (Wildman–Crippen LogP) is 2.65. The van der Waals surface area contributed by atoms with Crippen molar-refractivity contribution in [1.82, 2.24) is 25.8 Å². The fourth-order valence-corrected chi connectivity index (χ4v) is 4.07. The molecule has 0 aliphatic carbocycles. The smallest absolute Gasteiger partial charge is 0.234 e. The van der Waals surface area contributed by atoms with Gasteiger partial charge in [0.15, 0.2) is 5.96 Å². The summed E-state index contributed by atoms with van der Waals surface area (Å²) in [5.41, 5.74) is 2.56. The maximum atomic E-state index is 11.9. The van der Waals surface area contributed by atoms with Crippen LogP contribution >= 0.6 is 0 Å². The standard InChI is InChI=1S/C24H38N6O/c1-3-13-26-23(31)18-30-15-11-20(12-16-30)29-24(25-4-2)27-14-7-8-19-17-28-22-10-6-5-9-21(19)22/h5-6,9-10,17,20,28H,3-4,7-8,11-16,18H2,1-2H3,(H,26,31)(H2,25,27,29). The van der Waals surface area contributed by atoms with E-state index in [9.17, 15) is 4.79 Å². The van der Waals surface area contributed by atoms with Gasteiger partial charge in [0.25, 0.3) is 0 Å². The number of aromatic nitrogens is 1. The van der Waals surface area contributed by atoms with Crippen LogP contribution in [0.3, 0.4) is 0 Å². The zero-order chi connectivity index (χ0) is 21.9. The number of H-pyrrole nitrogens is 1. The van der Waals surface area contributed by atoms with E-state index in [2.05, 4.69) is 70.1 Å². The highest BCUT2D eigenvalue weighted by Gasteiger charge is 2.21. The molecule has 4 N–H and O–H groups in total. The average Bonchev–Trinajstić information content (AvgIpc) is 3.20. The molecule has 7 nitrogen and oxygen atoms in total. The minimum atomic E-state index is 0.137. The van der Waals surface area contributed by atoms with Crippen molar-refractivity contribution in [2.24, 2.45) is 4.99 Å². The third kappa shape index (κ3) is 7.28. The summed E-state index contributed by atoms with van der Waals surface area (Å²) in [5, 5.41) is 11.2. The molecular formula is C24H38N6O. The Hall–Kier alpha value is -2.54. The van der Waals surface area contributed by atoms with E-state index < -0.39 is 0 Å². The highest BCUT2D eigenvalue weighted by atomic mass is 16.2. The Morgan fingerprint density at radius 1 is 1.19 bits per heavy atom. The number of para-hydroxylation sites is 1. The van der Waals surface area contributed by atoms with Gasteiger partial charge in [-0.25, -0.2) is 0 Å². The summed E-state index contributed by atoms with van der Waals surface area (Å²) in [4.78, 5) is 22.3. The van der Waals surface area contributed by atoms with Gasteiger partial charge in [-0.3, -0.25) is 14.7 Å². The van der Waals surface area contributed by atoms with Crippen LogP contribution in [0.4, 0.5) is 0 Å². The van der Waals surface area contributed by atoms with E-state index in [-0.39, 0.29) is 5.91 Å². The molecule has 1 aliphatic rings. The van der Waals surface area contributed by atoms with E-state index in [1.165, 1.54) is 16.5 Å². The summed E-state index contributed by atoms with van der Waals surface area (Å²) in [7, 11) is 0. The zero-order valence-electron chi connectivity index (χ0n) is 19.0. The van der Waals surface area contributed by atoms with Gasteiger partial charge in [-0.15, -0.1) is 0 Å². The molecule has 2 heterocycles. The molecule has 1 saturated heterocycles. The minimum absolute atomic E-state index is 0.137. The number of amides is 1. The van der Waals surface area contributed by atoms with Gasteiger partial charge in [0.1, 0.15) is 0 Å². The van der Waals surface area contributed by atoms with Crippen LogP contribution in [0.5, 0.6) is 0 Å². The monoisotopic (exact) mass is 426 g/mol. The van der Waals surface area contributed by atoms with Crippen molar-refractivity contribution in [2.75, 3.05) is 39.3 Å². The minimum Gasteiger partial charge on any atom is -0.361 e. The van der Waals surface area contributed by atoms with Gasteiger partial charge in [0.2, 0.25) is 5.91 Å². The molecule has 1 aliphatic heterocycles. The maximum Gasteiger partial charge on any atom is 0.234 e. The molecule has 7 heteroatoms. The Labute approximate surface area is 186 Å². The largest absolute Gasteiger partial charge is 0.361 e. The number of likely N-dealkylation sites (tertiary alicyclic amines) is 1. The molecule has 1 aromatic heterocycles. The van der Waals surface area contributed by atoms with Gasteiger partial charge >= 0.3 is 0 Å². The lowest BCUT2D eigenvalue weighted by atomic mass is 10.1. The average molecular weight is 427 g/mol. The number of rotatable bonds is 10. The van der Waals surface area contributed by atoms with E-state index in [0.29, 0.717) is 12.6 Å². The van der Waals surface area contributed by atoms with Crippen LogP contribution in [0.25, 0.3) is 10.9 Å². The van der Waals surface area contributed by atoms with E-state index in [1.807, 2.05) is 0 Å². The van der Waals surface area contributed by atoms with Crippen molar-refractivity contribution in [1.29, 1.82) is 0 Å². The molecule has 0 radical (unpaired) electrons. The van der Waals surface area contributed by atoms with Crippen LogP contribution in [0.2, 0.25) is 0 Å². The molecule has 1 fully saturated rings. The van der Waals surface area contributed by atoms with E-state index >= 15 is 0 Å². The topological polar surface area (TPSA) is 84.6 Å². The molecule has 1 amide bonds. The molecule has 31 heavy (non-hydrogen) atoms. The second-order valence-corrected chi connectivity index (χ2v) is 8.27. The number of hydrogen-bond donors (Lipinski definition) is 4. The third-order valence-corrected chi connectivity index (χ3v) is 5.76. The molecule has 0 atom stereocenters. The Morgan fingerprint density at radius 3 is 2.77 bits per heavy atom. The summed E-state index contributed by atoms with van der Waals surface area (Å²) in [5.74, 6) is 1.04. The summed E-state index contributed by atoms with van der Waals surface area (Å²) in [6.45, 7) is 8.97. The first-order valence-electron chi connectivity index (χ1n) is 11.8. The second-order valence-electron chi connectivity index (χ2n) is 8.27. The Balaban J connectivity index is 1.41. The number of hydrogen-bond acceptors (Lipinski definition) is 3. The summed E-state index contributed by atoms with van der Waals surface area (Å²) in [6.07, 6.45) is 7.19. The van der Waals surface area contributed by atoms with Gasteiger partial charge in [-0.05, 0) is 50.7 Å². The van der Waals surface area contributed by atoms with Crippen molar-refractivity contribution in [2.45, 2.75) is 52.0 Å². The molecule has 1 aromatic carbocycles.